The molecule has 4 nitrogen and oxygen atoms in total. The molecule has 0 saturated heterocycles. The second-order valence-corrected chi connectivity index (χ2v) is 6.76. The first-order valence-corrected chi connectivity index (χ1v) is 8.19. The molecule has 2 aromatic carbocycles. The largest absolute Gasteiger partial charge is 0.508 e. The Bertz CT molecular complexity index is 641. The Morgan fingerprint density at radius 3 is 2.50 bits per heavy atom. The number of phenols is 1. The van der Waals surface area contributed by atoms with E-state index >= 15 is 0 Å². The molecule has 0 saturated carbocycles. The Morgan fingerprint density at radius 2 is 1.83 bits per heavy atom. The van der Waals surface area contributed by atoms with E-state index < -0.39 is 6.10 Å². The van der Waals surface area contributed by atoms with Gasteiger partial charge in [-0.3, -0.25) is 0 Å². The summed E-state index contributed by atoms with van der Waals surface area (Å²) in [7, 11) is 1.58. The predicted octanol–water partition coefficient (Wildman–Crippen LogP) is 3.18. The van der Waals surface area contributed by atoms with Crippen molar-refractivity contribution >= 4 is 0 Å². The maximum atomic E-state index is 10.4. The number of hydrogen-bond donors (Lipinski definition) is 3. The van der Waals surface area contributed by atoms with Crippen molar-refractivity contribution in [1.29, 1.82) is 0 Å². The zero-order valence-corrected chi connectivity index (χ0v) is 14.6. The third-order valence-electron chi connectivity index (χ3n) is 4.05. The number of methoxy groups -OCH3 is 1. The van der Waals surface area contributed by atoms with Crippen LogP contribution in [-0.4, -0.2) is 29.4 Å². The second kappa shape index (κ2) is 8.29. The predicted molar refractivity (Wildman–Crippen MR) is 96.0 cm³/mol. The highest BCUT2D eigenvalue weighted by molar-refractivity contribution is 5.36. The van der Waals surface area contributed by atoms with Gasteiger partial charge in [0.2, 0.25) is 0 Å². The smallest absolute Gasteiger partial charge is 0.121 e. The molecule has 0 aliphatic heterocycles. The molecule has 2 aromatic rings. The molecule has 0 radical (unpaired) electrons. The maximum absolute atomic E-state index is 10.4. The molecule has 0 aromatic heterocycles. The first-order valence-electron chi connectivity index (χ1n) is 8.19. The summed E-state index contributed by atoms with van der Waals surface area (Å²) in [6.45, 7) is 5.01. The highest BCUT2D eigenvalue weighted by atomic mass is 16.5. The Kier molecular flexibility index (Phi) is 6.37. The monoisotopic (exact) mass is 329 g/mol. The summed E-state index contributed by atoms with van der Waals surface area (Å²) in [5.74, 6) is 0.185. The number of rotatable bonds is 8. The van der Waals surface area contributed by atoms with E-state index in [-0.39, 0.29) is 11.3 Å². The molecule has 2 rings (SSSR count). The van der Waals surface area contributed by atoms with Crippen LogP contribution in [0.2, 0.25) is 0 Å². The number of hydrogen-bond acceptors (Lipinski definition) is 4. The molecule has 24 heavy (non-hydrogen) atoms. The van der Waals surface area contributed by atoms with Gasteiger partial charge in [0.05, 0.1) is 12.7 Å². The van der Waals surface area contributed by atoms with E-state index in [9.17, 15) is 10.2 Å². The topological polar surface area (TPSA) is 61.7 Å². The number of aliphatic hydroxyl groups excluding tert-OH is 1. The van der Waals surface area contributed by atoms with E-state index in [4.69, 9.17) is 4.74 Å². The normalized spacial score (nSPS) is 13.0. The second-order valence-electron chi connectivity index (χ2n) is 6.76. The number of aromatic hydroxyl groups is 1. The van der Waals surface area contributed by atoms with Crippen molar-refractivity contribution in [2.24, 2.45) is 0 Å². The SMILES string of the molecule is COCc1cc(C(O)CNC(C)(C)Cc2ccccc2)ccc1O. The van der Waals surface area contributed by atoms with Crippen molar-refractivity contribution in [3.05, 3.63) is 65.2 Å². The van der Waals surface area contributed by atoms with E-state index in [0.717, 1.165) is 12.0 Å². The van der Waals surface area contributed by atoms with Gasteiger partial charge in [-0.25, -0.2) is 0 Å². The molecule has 0 aliphatic rings. The van der Waals surface area contributed by atoms with Gasteiger partial charge < -0.3 is 20.3 Å². The van der Waals surface area contributed by atoms with Crippen molar-refractivity contribution in [1.82, 2.24) is 5.32 Å². The number of ether oxygens (including phenoxy) is 1. The molecule has 0 fully saturated rings. The first-order chi connectivity index (χ1) is 11.4. The summed E-state index contributed by atoms with van der Waals surface area (Å²) in [5, 5.41) is 23.7. The molecule has 0 spiro atoms. The van der Waals surface area contributed by atoms with Gasteiger partial charge in [0.1, 0.15) is 5.75 Å². The van der Waals surface area contributed by atoms with Crippen molar-refractivity contribution in [3.8, 4) is 5.75 Å². The third kappa shape index (κ3) is 5.34. The van der Waals surface area contributed by atoms with E-state index in [0.29, 0.717) is 18.7 Å². The standard InChI is InChI=1S/C20H27NO3/c1-20(2,12-15-7-5-4-6-8-15)21-13-19(23)16-9-10-18(22)17(11-16)14-24-3/h4-11,19,21-23H,12-14H2,1-3H3. The summed E-state index contributed by atoms with van der Waals surface area (Å²) in [6.07, 6.45) is 0.238. The van der Waals surface area contributed by atoms with Gasteiger partial charge in [-0.1, -0.05) is 36.4 Å². The van der Waals surface area contributed by atoms with Crippen LogP contribution >= 0.6 is 0 Å². The highest BCUT2D eigenvalue weighted by Gasteiger charge is 2.20. The number of aliphatic hydroxyl groups is 1. The van der Waals surface area contributed by atoms with Gasteiger partial charge in [-0.2, -0.15) is 0 Å². The zero-order valence-electron chi connectivity index (χ0n) is 14.6. The van der Waals surface area contributed by atoms with Crippen LogP contribution < -0.4 is 5.32 Å². The molecule has 0 bridgehead atoms. The van der Waals surface area contributed by atoms with Crippen molar-refractivity contribution < 1.29 is 14.9 Å². The maximum Gasteiger partial charge on any atom is 0.121 e. The highest BCUT2D eigenvalue weighted by Crippen LogP contribution is 2.23. The molecule has 4 heteroatoms. The summed E-state index contributed by atoms with van der Waals surface area (Å²) < 4.78 is 5.07. The minimum atomic E-state index is -0.642. The van der Waals surface area contributed by atoms with Crippen molar-refractivity contribution in [2.75, 3.05) is 13.7 Å². The summed E-state index contributed by atoms with van der Waals surface area (Å²) in [5.41, 5.74) is 2.58. The molecular formula is C20H27NO3. The summed E-state index contributed by atoms with van der Waals surface area (Å²) >= 11 is 0. The van der Waals surface area contributed by atoms with Crippen LogP contribution in [0, 0.1) is 0 Å². The van der Waals surface area contributed by atoms with E-state index in [1.807, 2.05) is 18.2 Å². The lowest BCUT2D eigenvalue weighted by molar-refractivity contribution is 0.159. The average molecular weight is 329 g/mol. The number of β-amino-alcohol motifs (C(OH)–C–C–N with tert-alkyl or cyclic N) is 1. The molecule has 3 N–H and O–H groups in total. The van der Waals surface area contributed by atoms with E-state index in [2.05, 4.69) is 31.3 Å². The lowest BCUT2D eigenvalue weighted by atomic mass is 9.94. The summed E-state index contributed by atoms with van der Waals surface area (Å²) in [6, 6.07) is 15.4. The molecule has 0 amide bonds. The lowest BCUT2D eigenvalue weighted by Crippen LogP contribution is -2.43. The molecule has 0 heterocycles. The molecule has 1 unspecified atom stereocenters. The fraction of sp³-hybridized carbons (Fsp3) is 0.400. The minimum Gasteiger partial charge on any atom is -0.508 e. The Morgan fingerprint density at radius 1 is 1.12 bits per heavy atom. The number of nitrogens with one attached hydrogen (secondary N) is 1. The van der Waals surface area contributed by atoms with Crippen LogP contribution in [0.25, 0.3) is 0 Å². The van der Waals surface area contributed by atoms with Crippen LogP contribution in [-0.2, 0) is 17.8 Å². The van der Waals surface area contributed by atoms with Gasteiger partial charge in [0.25, 0.3) is 0 Å². The van der Waals surface area contributed by atoms with Crippen LogP contribution in [0.3, 0.4) is 0 Å². The van der Waals surface area contributed by atoms with E-state index in [1.54, 1.807) is 25.3 Å². The summed E-state index contributed by atoms with van der Waals surface area (Å²) in [4.78, 5) is 0. The average Bonchev–Trinajstić information content (AvgIpc) is 2.55. The number of phenolic OH excluding ortho intramolecular Hbond substituents is 1. The van der Waals surface area contributed by atoms with Gasteiger partial charge >= 0.3 is 0 Å². The Labute approximate surface area is 144 Å². The van der Waals surface area contributed by atoms with Crippen LogP contribution in [0.1, 0.15) is 36.6 Å². The minimum absolute atomic E-state index is 0.130. The van der Waals surface area contributed by atoms with Gasteiger partial charge in [-0.15, -0.1) is 0 Å². The quantitative estimate of drug-likeness (QED) is 0.696. The van der Waals surface area contributed by atoms with Crippen molar-refractivity contribution in [3.63, 3.8) is 0 Å². The lowest BCUT2D eigenvalue weighted by Gasteiger charge is -2.28. The molecule has 130 valence electrons. The molecular weight excluding hydrogens is 302 g/mol. The van der Waals surface area contributed by atoms with Crippen LogP contribution in [0.15, 0.2) is 48.5 Å². The van der Waals surface area contributed by atoms with Gasteiger partial charge in [0, 0.05) is 24.8 Å². The Hall–Kier alpha value is -1.88. The molecule has 1 atom stereocenters. The van der Waals surface area contributed by atoms with Crippen molar-refractivity contribution in [2.45, 2.75) is 38.5 Å². The Balaban J connectivity index is 1.96. The number of benzene rings is 2. The van der Waals surface area contributed by atoms with Crippen LogP contribution in [0.5, 0.6) is 5.75 Å². The van der Waals surface area contributed by atoms with E-state index in [1.165, 1.54) is 5.56 Å². The third-order valence-corrected chi connectivity index (χ3v) is 4.05. The fourth-order valence-corrected chi connectivity index (χ4v) is 2.74. The fourth-order valence-electron chi connectivity index (χ4n) is 2.74. The molecule has 0 aliphatic carbocycles. The zero-order chi connectivity index (χ0) is 17.6. The first kappa shape index (κ1) is 18.5. The van der Waals surface area contributed by atoms with Gasteiger partial charge in [0.15, 0.2) is 0 Å². The van der Waals surface area contributed by atoms with Gasteiger partial charge in [-0.05, 0) is 43.5 Å². The van der Waals surface area contributed by atoms with Crippen LogP contribution in [0.4, 0.5) is 0 Å².